The molecule has 0 aromatic carbocycles. The molecule has 0 fully saturated rings. The maximum atomic E-state index is 11.1. The third-order valence-corrected chi connectivity index (χ3v) is 1.83. The van der Waals surface area contributed by atoms with Crippen LogP contribution in [0, 0.1) is 0 Å². The van der Waals surface area contributed by atoms with Crippen molar-refractivity contribution in [2.75, 3.05) is 26.8 Å². The number of amides is 2. The average molecular weight is 247 g/mol. The Bertz CT molecular complexity index is 258. The quantitative estimate of drug-likeness (QED) is 0.303. The van der Waals surface area contributed by atoms with Crippen LogP contribution in [0.5, 0.6) is 0 Å². The molecular weight excluding hydrogens is 230 g/mol. The lowest BCUT2D eigenvalue weighted by Gasteiger charge is -2.05. The van der Waals surface area contributed by atoms with Crippen molar-refractivity contribution in [3.8, 4) is 0 Å². The van der Waals surface area contributed by atoms with Gasteiger partial charge < -0.3 is 21.1 Å². The minimum Gasteiger partial charge on any atom is -0.392 e. The summed E-state index contributed by atoms with van der Waals surface area (Å²) in [6.45, 7) is 1.12. The Labute approximate surface area is 99.9 Å². The van der Waals surface area contributed by atoms with Crippen LogP contribution in [0.1, 0.15) is 12.8 Å². The van der Waals surface area contributed by atoms with E-state index < -0.39 is 11.8 Å². The SMILES string of the molecule is COCCCCNC(=O)C(=O)NCC(N)=S. The fourth-order valence-electron chi connectivity index (χ4n) is 0.901. The van der Waals surface area contributed by atoms with E-state index in [0.717, 1.165) is 12.8 Å². The van der Waals surface area contributed by atoms with E-state index in [9.17, 15) is 9.59 Å². The molecule has 0 heterocycles. The number of carbonyl (C=O) groups is 2. The zero-order valence-electron chi connectivity index (χ0n) is 9.25. The smallest absolute Gasteiger partial charge is 0.309 e. The second kappa shape index (κ2) is 9.05. The number of hydrogen-bond acceptors (Lipinski definition) is 4. The minimum absolute atomic E-state index is 0.0330. The predicted molar refractivity (Wildman–Crippen MR) is 63.9 cm³/mol. The first-order valence-corrected chi connectivity index (χ1v) is 5.32. The van der Waals surface area contributed by atoms with E-state index in [1.54, 1.807) is 7.11 Å². The Morgan fingerprint density at radius 3 is 2.44 bits per heavy atom. The lowest BCUT2D eigenvalue weighted by molar-refractivity contribution is -0.139. The fourth-order valence-corrected chi connectivity index (χ4v) is 0.973. The molecular formula is C9H17N3O3S. The third-order valence-electron chi connectivity index (χ3n) is 1.69. The first kappa shape index (κ1) is 14.8. The van der Waals surface area contributed by atoms with Crippen molar-refractivity contribution in [1.29, 1.82) is 0 Å². The monoisotopic (exact) mass is 247 g/mol. The molecule has 6 nitrogen and oxygen atoms in total. The second-order valence-electron chi connectivity index (χ2n) is 3.10. The fraction of sp³-hybridized carbons (Fsp3) is 0.667. The van der Waals surface area contributed by atoms with Crippen LogP contribution >= 0.6 is 12.2 Å². The summed E-state index contributed by atoms with van der Waals surface area (Å²) in [7, 11) is 1.61. The highest BCUT2D eigenvalue weighted by molar-refractivity contribution is 7.80. The molecule has 0 radical (unpaired) electrons. The summed E-state index contributed by atoms with van der Waals surface area (Å²) in [5, 5.41) is 4.77. The van der Waals surface area contributed by atoms with Gasteiger partial charge >= 0.3 is 11.8 Å². The molecule has 0 aliphatic heterocycles. The van der Waals surface area contributed by atoms with Gasteiger partial charge in [-0.1, -0.05) is 12.2 Å². The van der Waals surface area contributed by atoms with Gasteiger partial charge in [0, 0.05) is 20.3 Å². The van der Waals surface area contributed by atoms with E-state index in [1.165, 1.54) is 0 Å². The highest BCUT2D eigenvalue weighted by Crippen LogP contribution is 1.86. The number of nitrogens with two attached hydrogens (primary N) is 1. The summed E-state index contributed by atoms with van der Waals surface area (Å²) < 4.78 is 4.84. The lowest BCUT2D eigenvalue weighted by atomic mass is 10.3. The number of rotatable bonds is 7. The number of ether oxygens (including phenoxy) is 1. The summed E-state index contributed by atoms with van der Waals surface area (Å²) in [5.74, 6) is -1.40. The van der Waals surface area contributed by atoms with Crippen molar-refractivity contribution in [3.63, 3.8) is 0 Å². The van der Waals surface area contributed by atoms with Crippen molar-refractivity contribution in [2.24, 2.45) is 5.73 Å². The number of nitrogens with one attached hydrogen (secondary N) is 2. The highest BCUT2D eigenvalue weighted by Gasteiger charge is 2.11. The Balaban J connectivity index is 3.55. The number of hydrogen-bond donors (Lipinski definition) is 3. The third kappa shape index (κ3) is 8.13. The molecule has 0 saturated heterocycles. The molecule has 4 N–H and O–H groups in total. The summed E-state index contributed by atoms with van der Waals surface area (Å²) in [6, 6.07) is 0. The van der Waals surface area contributed by atoms with Crippen LogP contribution in [0.2, 0.25) is 0 Å². The van der Waals surface area contributed by atoms with Gasteiger partial charge in [-0.3, -0.25) is 9.59 Å². The molecule has 0 bridgehead atoms. The van der Waals surface area contributed by atoms with Crippen molar-refractivity contribution in [3.05, 3.63) is 0 Å². The molecule has 0 rings (SSSR count). The number of thiocarbonyl (C=S) groups is 1. The molecule has 0 aromatic rings. The summed E-state index contributed by atoms with van der Waals surface area (Å²) >= 11 is 4.55. The molecule has 0 spiro atoms. The molecule has 0 atom stereocenters. The topological polar surface area (TPSA) is 93.4 Å². The van der Waals surface area contributed by atoms with Crippen LogP contribution in [0.4, 0.5) is 0 Å². The number of carbonyl (C=O) groups excluding carboxylic acids is 2. The normalized spacial score (nSPS) is 9.56. The minimum atomic E-state index is -0.723. The highest BCUT2D eigenvalue weighted by atomic mass is 32.1. The number of methoxy groups -OCH3 is 1. The molecule has 0 aliphatic carbocycles. The molecule has 0 aliphatic rings. The molecule has 0 aromatic heterocycles. The van der Waals surface area contributed by atoms with E-state index >= 15 is 0 Å². The van der Waals surface area contributed by atoms with Gasteiger partial charge in [-0.15, -0.1) is 0 Å². The maximum absolute atomic E-state index is 11.1. The average Bonchev–Trinajstić information content (AvgIpc) is 2.25. The zero-order valence-corrected chi connectivity index (χ0v) is 10.1. The van der Waals surface area contributed by atoms with Crippen LogP contribution in [-0.2, 0) is 14.3 Å². The first-order valence-electron chi connectivity index (χ1n) is 4.91. The van der Waals surface area contributed by atoms with Crippen molar-refractivity contribution in [2.45, 2.75) is 12.8 Å². The second-order valence-corrected chi connectivity index (χ2v) is 3.63. The van der Waals surface area contributed by atoms with Crippen LogP contribution in [0.15, 0.2) is 0 Å². The molecule has 2 amide bonds. The summed E-state index contributed by atoms with van der Waals surface area (Å²) in [5.41, 5.74) is 5.17. The van der Waals surface area contributed by atoms with Crippen molar-refractivity contribution < 1.29 is 14.3 Å². The summed E-state index contributed by atoms with van der Waals surface area (Å²) in [6.07, 6.45) is 1.60. The van der Waals surface area contributed by atoms with Gasteiger partial charge in [0.05, 0.1) is 11.5 Å². The van der Waals surface area contributed by atoms with Crippen LogP contribution < -0.4 is 16.4 Å². The first-order chi connectivity index (χ1) is 7.57. The van der Waals surface area contributed by atoms with E-state index in [2.05, 4.69) is 22.9 Å². The van der Waals surface area contributed by atoms with Gasteiger partial charge in [-0.2, -0.15) is 0 Å². The Morgan fingerprint density at radius 1 is 1.25 bits per heavy atom. The predicted octanol–water partition coefficient (Wildman–Crippen LogP) is -1.07. The zero-order chi connectivity index (χ0) is 12.4. The van der Waals surface area contributed by atoms with Gasteiger partial charge in [0.1, 0.15) is 0 Å². The van der Waals surface area contributed by atoms with Gasteiger partial charge in [0.15, 0.2) is 0 Å². The molecule has 92 valence electrons. The largest absolute Gasteiger partial charge is 0.392 e. The lowest BCUT2D eigenvalue weighted by Crippen LogP contribution is -2.43. The van der Waals surface area contributed by atoms with Crippen molar-refractivity contribution in [1.82, 2.24) is 10.6 Å². The molecule has 7 heteroatoms. The van der Waals surface area contributed by atoms with Crippen LogP contribution in [0.3, 0.4) is 0 Å². The summed E-state index contributed by atoms with van der Waals surface area (Å²) in [4.78, 5) is 22.4. The van der Waals surface area contributed by atoms with Gasteiger partial charge in [0.2, 0.25) is 0 Å². The van der Waals surface area contributed by atoms with Gasteiger partial charge in [-0.05, 0) is 12.8 Å². The maximum Gasteiger partial charge on any atom is 0.309 e. The Morgan fingerprint density at radius 2 is 1.88 bits per heavy atom. The molecule has 16 heavy (non-hydrogen) atoms. The van der Waals surface area contributed by atoms with Gasteiger partial charge in [-0.25, -0.2) is 0 Å². The molecule has 0 saturated carbocycles. The van der Waals surface area contributed by atoms with E-state index in [-0.39, 0.29) is 11.5 Å². The van der Waals surface area contributed by atoms with E-state index in [1.807, 2.05) is 0 Å². The van der Waals surface area contributed by atoms with E-state index in [0.29, 0.717) is 13.2 Å². The van der Waals surface area contributed by atoms with Gasteiger partial charge in [0.25, 0.3) is 0 Å². The Kier molecular flexibility index (Phi) is 8.36. The van der Waals surface area contributed by atoms with Crippen LogP contribution in [0.25, 0.3) is 0 Å². The number of unbranched alkanes of at least 4 members (excludes halogenated alkanes) is 1. The van der Waals surface area contributed by atoms with E-state index in [4.69, 9.17) is 10.5 Å². The van der Waals surface area contributed by atoms with Crippen molar-refractivity contribution >= 4 is 29.0 Å². The van der Waals surface area contributed by atoms with Crippen LogP contribution in [-0.4, -0.2) is 43.6 Å². The Hall–Kier alpha value is -1.21. The standard InChI is InChI=1S/C9H17N3O3S/c1-15-5-3-2-4-11-8(13)9(14)12-6-7(10)16/h2-6H2,1H3,(H2,10,16)(H,11,13)(H,12,14). The molecule has 0 unspecified atom stereocenters.